The smallest absolute Gasteiger partial charge is 0.256 e. The van der Waals surface area contributed by atoms with E-state index >= 15 is 0 Å². The highest BCUT2D eigenvalue weighted by Crippen LogP contribution is 2.35. The zero-order valence-corrected chi connectivity index (χ0v) is 16.3. The average molecular weight is 415 g/mol. The molecule has 1 fully saturated rings. The van der Waals surface area contributed by atoms with E-state index in [9.17, 15) is 13.2 Å². The van der Waals surface area contributed by atoms with Crippen LogP contribution in [0, 0.1) is 6.92 Å². The molecule has 0 aliphatic heterocycles. The van der Waals surface area contributed by atoms with Gasteiger partial charge in [-0.1, -0.05) is 0 Å². The van der Waals surface area contributed by atoms with Crippen LogP contribution in [0.1, 0.15) is 25.1 Å². The molecule has 1 aliphatic carbocycles. The lowest BCUT2D eigenvalue weighted by molar-refractivity contribution is 0.0782. The molecule has 156 valence electrons. The molecular formula is C20H20F3N7. The van der Waals surface area contributed by atoms with E-state index in [-0.39, 0.29) is 6.54 Å². The van der Waals surface area contributed by atoms with Gasteiger partial charge in [0.1, 0.15) is 11.5 Å². The first-order valence-corrected chi connectivity index (χ1v) is 9.80. The molecule has 1 N–H and O–H groups in total. The third-order valence-electron chi connectivity index (χ3n) is 5.66. The van der Waals surface area contributed by atoms with E-state index in [1.54, 1.807) is 36.1 Å². The molecule has 7 nitrogen and oxygen atoms in total. The van der Waals surface area contributed by atoms with E-state index in [1.807, 2.05) is 6.07 Å². The van der Waals surface area contributed by atoms with Crippen molar-refractivity contribution < 1.29 is 13.2 Å². The minimum atomic E-state index is -2.48. The third-order valence-corrected chi connectivity index (χ3v) is 5.66. The Bertz CT molecular complexity index is 1230. The molecule has 1 saturated carbocycles. The maximum Gasteiger partial charge on any atom is 0.256 e. The Morgan fingerprint density at radius 1 is 1.20 bits per heavy atom. The number of hydrogen-bond acceptors (Lipinski definition) is 5. The number of pyridine rings is 1. The molecule has 0 bridgehead atoms. The number of halogens is 3. The number of imidazole rings is 1. The van der Waals surface area contributed by atoms with Crippen molar-refractivity contribution in [1.29, 1.82) is 0 Å². The van der Waals surface area contributed by atoms with Gasteiger partial charge in [-0.3, -0.25) is 0 Å². The predicted octanol–water partition coefficient (Wildman–Crippen LogP) is 4.02. The van der Waals surface area contributed by atoms with E-state index in [0.29, 0.717) is 35.8 Å². The van der Waals surface area contributed by atoms with E-state index in [2.05, 4.69) is 25.4 Å². The van der Waals surface area contributed by atoms with Crippen LogP contribution in [-0.4, -0.2) is 47.8 Å². The molecule has 4 aromatic heterocycles. The van der Waals surface area contributed by atoms with Crippen molar-refractivity contribution in [2.75, 3.05) is 11.9 Å². The van der Waals surface area contributed by atoms with E-state index < -0.39 is 18.6 Å². The fourth-order valence-corrected chi connectivity index (χ4v) is 3.83. The fraction of sp³-hybridized carbons (Fsp3) is 0.400. The molecule has 4 aromatic rings. The summed E-state index contributed by atoms with van der Waals surface area (Å²) in [7, 11) is 0. The molecule has 0 spiro atoms. The van der Waals surface area contributed by atoms with Gasteiger partial charge in [0.25, 0.3) is 6.43 Å². The molecule has 0 amide bonds. The number of hydrogen-bond donors (Lipinski definition) is 1. The lowest BCUT2D eigenvalue weighted by atomic mass is 9.82. The summed E-state index contributed by atoms with van der Waals surface area (Å²) in [6.07, 6.45) is 4.64. The molecule has 0 atom stereocenters. The maximum absolute atomic E-state index is 14.2. The number of aromatic nitrogens is 6. The minimum Gasteiger partial charge on any atom is -0.350 e. The SMILES string of the molecule is Cc1nc2ncc(-c3ccn4nc(NCC5(F)CCC5)ncc34)cc2n1CC(F)F. The van der Waals surface area contributed by atoms with Gasteiger partial charge < -0.3 is 9.88 Å². The summed E-state index contributed by atoms with van der Waals surface area (Å²) in [5, 5.41) is 7.36. The summed E-state index contributed by atoms with van der Waals surface area (Å²) >= 11 is 0. The molecule has 0 radical (unpaired) electrons. The highest BCUT2D eigenvalue weighted by atomic mass is 19.3. The number of alkyl halides is 3. The van der Waals surface area contributed by atoms with E-state index in [4.69, 9.17) is 0 Å². The highest BCUT2D eigenvalue weighted by molar-refractivity contribution is 5.85. The molecule has 30 heavy (non-hydrogen) atoms. The maximum atomic E-state index is 14.2. The van der Waals surface area contributed by atoms with Gasteiger partial charge in [-0.25, -0.2) is 32.6 Å². The van der Waals surface area contributed by atoms with Gasteiger partial charge in [0.05, 0.1) is 30.3 Å². The van der Waals surface area contributed by atoms with Gasteiger partial charge in [-0.05, 0) is 38.3 Å². The first kappa shape index (κ1) is 18.8. The van der Waals surface area contributed by atoms with Crippen LogP contribution in [0.5, 0.6) is 0 Å². The average Bonchev–Trinajstić information content (AvgIpc) is 3.25. The summed E-state index contributed by atoms with van der Waals surface area (Å²) in [5.41, 5.74) is 2.12. The lowest BCUT2D eigenvalue weighted by Gasteiger charge is -2.33. The van der Waals surface area contributed by atoms with Crippen molar-refractivity contribution in [2.24, 2.45) is 0 Å². The first-order valence-electron chi connectivity index (χ1n) is 9.80. The molecule has 10 heteroatoms. The zero-order valence-electron chi connectivity index (χ0n) is 16.3. The van der Waals surface area contributed by atoms with Crippen LogP contribution in [0.15, 0.2) is 30.7 Å². The molecule has 5 rings (SSSR count). The van der Waals surface area contributed by atoms with E-state index in [1.165, 1.54) is 4.57 Å². The Hall–Kier alpha value is -3.17. The van der Waals surface area contributed by atoms with Crippen molar-refractivity contribution >= 4 is 22.6 Å². The topological polar surface area (TPSA) is 72.9 Å². The standard InChI is InChI=1S/C20H20F3N7/c1-12-27-18-15(29(12)10-17(21)22)7-13(8-24-18)14-3-6-30-16(14)9-25-19(28-30)26-11-20(23)4-2-5-20/h3,6-9,17H,2,4-5,10-11H2,1H3,(H,26,28). The van der Waals surface area contributed by atoms with Gasteiger partial charge >= 0.3 is 0 Å². The van der Waals surface area contributed by atoms with Gasteiger partial charge in [-0.2, -0.15) is 0 Å². The lowest BCUT2D eigenvalue weighted by Crippen LogP contribution is -2.39. The van der Waals surface area contributed by atoms with Gasteiger partial charge in [0.15, 0.2) is 5.65 Å². The predicted molar refractivity (Wildman–Crippen MR) is 106 cm³/mol. The Morgan fingerprint density at radius 3 is 2.77 bits per heavy atom. The Kier molecular flexibility index (Phi) is 4.37. The van der Waals surface area contributed by atoms with Gasteiger partial charge in [0.2, 0.25) is 5.95 Å². The quantitative estimate of drug-likeness (QED) is 0.515. The van der Waals surface area contributed by atoms with Crippen LogP contribution in [0.2, 0.25) is 0 Å². The summed E-state index contributed by atoms with van der Waals surface area (Å²) in [4.78, 5) is 12.9. The first-order chi connectivity index (χ1) is 14.4. The summed E-state index contributed by atoms with van der Waals surface area (Å²) in [6, 6.07) is 3.66. The zero-order chi connectivity index (χ0) is 20.9. The number of anilines is 1. The Balaban J connectivity index is 1.47. The summed E-state index contributed by atoms with van der Waals surface area (Å²) in [5.74, 6) is 0.848. The summed E-state index contributed by atoms with van der Waals surface area (Å²) < 4.78 is 43.3. The van der Waals surface area contributed by atoms with Crippen LogP contribution in [0.3, 0.4) is 0 Å². The van der Waals surface area contributed by atoms with Crippen molar-refractivity contribution in [3.8, 4) is 11.1 Å². The number of fused-ring (bicyclic) bond motifs is 2. The molecule has 1 aliphatic rings. The summed E-state index contributed by atoms with van der Waals surface area (Å²) in [6.45, 7) is 1.45. The number of aryl methyl sites for hydroxylation is 1. The largest absolute Gasteiger partial charge is 0.350 e. The van der Waals surface area contributed by atoms with Crippen molar-refractivity contribution in [1.82, 2.24) is 29.1 Å². The Labute approximate surface area is 170 Å². The second kappa shape index (κ2) is 6.96. The van der Waals surface area contributed by atoms with Crippen molar-refractivity contribution in [3.05, 3.63) is 36.5 Å². The molecule has 0 aromatic carbocycles. The fourth-order valence-electron chi connectivity index (χ4n) is 3.83. The van der Waals surface area contributed by atoms with E-state index in [0.717, 1.165) is 23.1 Å². The number of nitrogens with zero attached hydrogens (tertiary/aromatic N) is 6. The van der Waals surface area contributed by atoms with Crippen LogP contribution in [0.25, 0.3) is 27.8 Å². The minimum absolute atomic E-state index is 0.195. The van der Waals surface area contributed by atoms with Crippen LogP contribution < -0.4 is 5.32 Å². The monoisotopic (exact) mass is 415 g/mol. The molecular weight excluding hydrogens is 395 g/mol. The van der Waals surface area contributed by atoms with Gasteiger partial charge in [-0.15, -0.1) is 5.10 Å². The third kappa shape index (κ3) is 3.25. The van der Waals surface area contributed by atoms with Crippen LogP contribution in [0.4, 0.5) is 19.1 Å². The van der Waals surface area contributed by atoms with Gasteiger partial charge in [0, 0.05) is 23.5 Å². The molecule has 0 unspecified atom stereocenters. The normalized spacial score (nSPS) is 15.8. The van der Waals surface area contributed by atoms with Crippen molar-refractivity contribution in [3.63, 3.8) is 0 Å². The van der Waals surface area contributed by atoms with Crippen LogP contribution >= 0.6 is 0 Å². The second-order valence-electron chi connectivity index (χ2n) is 7.73. The number of rotatable bonds is 6. The van der Waals surface area contributed by atoms with Crippen LogP contribution in [-0.2, 0) is 6.54 Å². The Morgan fingerprint density at radius 2 is 2.03 bits per heavy atom. The molecule has 0 saturated heterocycles. The second-order valence-corrected chi connectivity index (χ2v) is 7.73. The van der Waals surface area contributed by atoms with Crippen molar-refractivity contribution in [2.45, 2.75) is 44.8 Å². The molecule has 4 heterocycles. The highest BCUT2D eigenvalue weighted by Gasteiger charge is 2.36. The number of nitrogens with one attached hydrogen (secondary N) is 1.